The van der Waals surface area contributed by atoms with E-state index in [1.165, 1.54) is 48.7 Å². The van der Waals surface area contributed by atoms with Crippen LogP contribution in [0.5, 0.6) is 0 Å². The average Bonchev–Trinajstić information content (AvgIpc) is 3.05. The summed E-state index contributed by atoms with van der Waals surface area (Å²) in [5.41, 5.74) is 1.57. The summed E-state index contributed by atoms with van der Waals surface area (Å²) < 4.78 is 26.2. The van der Waals surface area contributed by atoms with Crippen LogP contribution in [0.3, 0.4) is 0 Å². The van der Waals surface area contributed by atoms with Gasteiger partial charge in [-0.05, 0) is 29.8 Å². The summed E-state index contributed by atoms with van der Waals surface area (Å²) in [5.74, 6) is -1.44. The summed E-state index contributed by atoms with van der Waals surface area (Å²) in [7, 11) is 0. The van der Waals surface area contributed by atoms with E-state index in [4.69, 9.17) is 0 Å². The number of benzene rings is 2. The lowest BCUT2D eigenvalue weighted by Crippen LogP contribution is -2.10. The second-order valence-corrected chi connectivity index (χ2v) is 5.61. The van der Waals surface area contributed by atoms with Crippen molar-refractivity contribution in [3.05, 3.63) is 88.7 Å². The van der Waals surface area contributed by atoms with E-state index in [2.05, 4.69) is 10.2 Å². The van der Waals surface area contributed by atoms with Crippen molar-refractivity contribution in [3.63, 3.8) is 0 Å². The molecule has 0 unspecified atom stereocenters. The van der Waals surface area contributed by atoms with E-state index in [1.807, 2.05) is 0 Å². The van der Waals surface area contributed by atoms with E-state index in [9.17, 15) is 18.4 Å². The van der Waals surface area contributed by atoms with E-state index in [1.54, 1.807) is 0 Å². The SMILES string of the molecule is O=C(Cc1cn[nH]c1C(=O)Cc1ccc(F)cc1)c1cccc(F)c1. The fourth-order valence-corrected chi connectivity index (χ4v) is 2.50. The Labute approximate surface area is 142 Å². The van der Waals surface area contributed by atoms with Gasteiger partial charge in [0, 0.05) is 24.0 Å². The van der Waals surface area contributed by atoms with Gasteiger partial charge in [-0.2, -0.15) is 5.10 Å². The van der Waals surface area contributed by atoms with Gasteiger partial charge in [0.25, 0.3) is 0 Å². The molecule has 0 fully saturated rings. The molecule has 4 nitrogen and oxygen atoms in total. The minimum absolute atomic E-state index is 0.0592. The van der Waals surface area contributed by atoms with Crippen molar-refractivity contribution in [1.29, 1.82) is 0 Å². The molecule has 3 rings (SSSR count). The number of aromatic nitrogens is 2. The van der Waals surface area contributed by atoms with Crippen molar-refractivity contribution in [3.8, 4) is 0 Å². The first-order valence-electron chi connectivity index (χ1n) is 7.61. The van der Waals surface area contributed by atoms with Crippen molar-refractivity contribution in [1.82, 2.24) is 10.2 Å². The van der Waals surface area contributed by atoms with E-state index >= 15 is 0 Å². The molecule has 1 aromatic heterocycles. The van der Waals surface area contributed by atoms with Crippen molar-refractivity contribution in [2.75, 3.05) is 0 Å². The highest BCUT2D eigenvalue weighted by atomic mass is 19.1. The Morgan fingerprint density at radius 3 is 2.40 bits per heavy atom. The molecular weight excluding hydrogens is 326 g/mol. The summed E-state index contributed by atoms with van der Waals surface area (Å²) >= 11 is 0. The van der Waals surface area contributed by atoms with Crippen molar-refractivity contribution >= 4 is 11.6 Å². The smallest absolute Gasteiger partial charge is 0.185 e. The van der Waals surface area contributed by atoms with Crippen LogP contribution in [0.15, 0.2) is 54.7 Å². The van der Waals surface area contributed by atoms with Gasteiger partial charge in [-0.25, -0.2) is 8.78 Å². The fourth-order valence-electron chi connectivity index (χ4n) is 2.50. The predicted molar refractivity (Wildman–Crippen MR) is 87.5 cm³/mol. The largest absolute Gasteiger partial charge is 0.294 e. The lowest BCUT2D eigenvalue weighted by Gasteiger charge is -2.04. The van der Waals surface area contributed by atoms with Gasteiger partial charge in [0.2, 0.25) is 0 Å². The third-order valence-electron chi connectivity index (χ3n) is 3.77. The molecule has 0 aliphatic carbocycles. The summed E-state index contributed by atoms with van der Waals surface area (Å²) in [6.07, 6.45) is 1.41. The maximum Gasteiger partial charge on any atom is 0.185 e. The number of H-pyrrole nitrogens is 1. The fraction of sp³-hybridized carbons (Fsp3) is 0.105. The van der Waals surface area contributed by atoms with Crippen LogP contribution in [0.25, 0.3) is 0 Å². The Bertz CT molecular complexity index is 917. The zero-order valence-electron chi connectivity index (χ0n) is 13.1. The number of ketones is 2. The topological polar surface area (TPSA) is 62.8 Å². The molecule has 0 aliphatic rings. The first-order valence-corrected chi connectivity index (χ1v) is 7.61. The number of carbonyl (C=O) groups excluding carboxylic acids is 2. The first-order chi connectivity index (χ1) is 12.0. The number of carbonyl (C=O) groups is 2. The van der Waals surface area contributed by atoms with Gasteiger partial charge >= 0.3 is 0 Å². The van der Waals surface area contributed by atoms with Crippen LogP contribution in [0, 0.1) is 11.6 Å². The van der Waals surface area contributed by atoms with Gasteiger partial charge in [0.05, 0.1) is 6.20 Å². The summed E-state index contributed by atoms with van der Waals surface area (Å²) in [6.45, 7) is 0. The molecule has 0 aliphatic heterocycles. The minimum Gasteiger partial charge on any atom is -0.294 e. The van der Waals surface area contributed by atoms with Gasteiger partial charge in [-0.1, -0.05) is 24.3 Å². The van der Waals surface area contributed by atoms with Crippen LogP contribution in [0.1, 0.15) is 32.0 Å². The van der Waals surface area contributed by atoms with Crippen LogP contribution in [-0.2, 0) is 12.8 Å². The molecule has 3 aromatic rings. The molecule has 0 bridgehead atoms. The number of rotatable bonds is 6. The number of aromatic amines is 1. The maximum absolute atomic E-state index is 13.2. The molecule has 6 heteroatoms. The van der Waals surface area contributed by atoms with Crippen molar-refractivity contribution in [2.45, 2.75) is 12.8 Å². The first kappa shape index (κ1) is 16.7. The summed E-state index contributed by atoms with van der Waals surface area (Å²) in [4.78, 5) is 24.7. The van der Waals surface area contributed by atoms with Gasteiger partial charge < -0.3 is 0 Å². The summed E-state index contributed by atoms with van der Waals surface area (Å²) in [5, 5.41) is 6.44. The molecule has 0 amide bonds. The average molecular weight is 340 g/mol. The van der Waals surface area contributed by atoms with Crippen LogP contribution < -0.4 is 0 Å². The van der Waals surface area contributed by atoms with Crippen LogP contribution >= 0.6 is 0 Å². The van der Waals surface area contributed by atoms with Crippen molar-refractivity contribution in [2.24, 2.45) is 0 Å². The molecular formula is C19H14F2N2O2. The number of hydrogen-bond acceptors (Lipinski definition) is 3. The number of hydrogen-bond donors (Lipinski definition) is 1. The number of nitrogens with zero attached hydrogens (tertiary/aromatic N) is 1. The van der Waals surface area contributed by atoms with E-state index < -0.39 is 5.82 Å². The lowest BCUT2D eigenvalue weighted by molar-refractivity contribution is 0.0985. The van der Waals surface area contributed by atoms with Crippen LogP contribution in [0.2, 0.25) is 0 Å². The van der Waals surface area contributed by atoms with Gasteiger partial charge in [0.15, 0.2) is 11.6 Å². The second kappa shape index (κ2) is 7.17. The molecule has 0 spiro atoms. The molecule has 1 heterocycles. The lowest BCUT2D eigenvalue weighted by atomic mass is 9.99. The second-order valence-electron chi connectivity index (χ2n) is 5.61. The maximum atomic E-state index is 13.2. The Hall–Kier alpha value is -3.15. The summed E-state index contributed by atoms with van der Waals surface area (Å²) in [6, 6.07) is 11.0. The van der Waals surface area contributed by atoms with Gasteiger partial charge in [0.1, 0.15) is 17.3 Å². The van der Waals surface area contributed by atoms with E-state index in [0.29, 0.717) is 11.1 Å². The number of Topliss-reactive ketones (excluding diaryl/α,β-unsaturated/α-hetero) is 2. The quantitative estimate of drug-likeness (QED) is 0.698. The normalized spacial score (nSPS) is 10.6. The zero-order valence-corrected chi connectivity index (χ0v) is 13.1. The third kappa shape index (κ3) is 4.03. The van der Waals surface area contributed by atoms with Gasteiger partial charge in [-0.15, -0.1) is 0 Å². The molecule has 0 saturated carbocycles. The van der Waals surface area contributed by atoms with Crippen LogP contribution in [0.4, 0.5) is 8.78 Å². The molecule has 0 atom stereocenters. The Kier molecular flexibility index (Phi) is 4.79. The third-order valence-corrected chi connectivity index (χ3v) is 3.77. The van der Waals surface area contributed by atoms with Gasteiger partial charge in [-0.3, -0.25) is 14.7 Å². The Balaban J connectivity index is 1.74. The standard InChI is InChI=1S/C19H14F2N2O2/c20-15-6-4-12(5-7-15)8-18(25)19-14(11-22-23-19)10-17(24)13-2-1-3-16(21)9-13/h1-7,9,11H,8,10H2,(H,22,23). The van der Waals surface area contributed by atoms with Crippen molar-refractivity contribution < 1.29 is 18.4 Å². The zero-order chi connectivity index (χ0) is 17.8. The van der Waals surface area contributed by atoms with E-state index in [-0.39, 0.29) is 41.5 Å². The highest BCUT2D eigenvalue weighted by Crippen LogP contribution is 2.14. The molecule has 1 N–H and O–H groups in total. The molecule has 126 valence electrons. The molecule has 0 saturated heterocycles. The molecule has 25 heavy (non-hydrogen) atoms. The number of nitrogens with one attached hydrogen (secondary N) is 1. The predicted octanol–water partition coefficient (Wildman–Crippen LogP) is 3.54. The molecule has 0 radical (unpaired) electrons. The molecule has 2 aromatic carbocycles. The Morgan fingerprint density at radius 2 is 1.68 bits per heavy atom. The number of halogens is 2. The highest BCUT2D eigenvalue weighted by Gasteiger charge is 2.18. The highest BCUT2D eigenvalue weighted by molar-refractivity contribution is 6.01. The van der Waals surface area contributed by atoms with E-state index in [0.717, 1.165) is 6.07 Å². The minimum atomic E-state index is -0.495. The monoisotopic (exact) mass is 340 g/mol. The van der Waals surface area contributed by atoms with Crippen LogP contribution in [-0.4, -0.2) is 21.8 Å². The Morgan fingerprint density at radius 1 is 0.920 bits per heavy atom.